The number of ether oxygens (including phenoxy) is 1. The summed E-state index contributed by atoms with van der Waals surface area (Å²) in [5.74, 6) is 0.782. The predicted octanol–water partition coefficient (Wildman–Crippen LogP) is 1.32. The molecular formula is C15H22ClN7O. The fourth-order valence-electron chi connectivity index (χ4n) is 3.03. The third kappa shape index (κ3) is 3.45. The van der Waals surface area contributed by atoms with Crippen LogP contribution in [0.5, 0.6) is 0 Å². The van der Waals surface area contributed by atoms with Crippen LogP contribution in [-0.2, 0) is 11.8 Å². The summed E-state index contributed by atoms with van der Waals surface area (Å²) in [7, 11) is 1.92. The molecule has 0 amide bonds. The minimum Gasteiger partial charge on any atom is -0.382 e. The SMILES string of the molecule is CCN1CCO[C@@H](CNc2ncnc(N)c2Cl)[C@@H]1c1cnn(C)c1. The first-order chi connectivity index (χ1) is 11.6. The quantitative estimate of drug-likeness (QED) is 0.838. The summed E-state index contributed by atoms with van der Waals surface area (Å²) in [4.78, 5) is 10.4. The number of nitrogen functional groups attached to an aromatic ring is 1. The van der Waals surface area contributed by atoms with Crippen LogP contribution in [0.15, 0.2) is 18.7 Å². The van der Waals surface area contributed by atoms with Gasteiger partial charge in [0.05, 0.1) is 24.9 Å². The summed E-state index contributed by atoms with van der Waals surface area (Å²) in [5, 5.41) is 7.86. The lowest BCUT2D eigenvalue weighted by Gasteiger charge is -2.40. The van der Waals surface area contributed by atoms with Gasteiger partial charge >= 0.3 is 0 Å². The zero-order valence-electron chi connectivity index (χ0n) is 13.8. The summed E-state index contributed by atoms with van der Waals surface area (Å²) >= 11 is 6.15. The summed E-state index contributed by atoms with van der Waals surface area (Å²) in [6.45, 7) is 5.25. The lowest BCUT2D eigenvalue weighted by Crippen LogP contribution is -2.47. The van der Waals surface area contributed by atoms with Gasteiger partial charge in [-0.1, -0.05) is 18.5 Å². The molecule has 1 aliphatic heterocycles. The van der Waals surface area contributed by atoms with E-state index in [1.807, 2.05) is 24.1 Å². The number of morpholine rings is 1. The molecule has 3 heterocycles. The minimum atomic E-state index is -0.0462. The van der Waals surface area contributed by atoms with Crippen LogP contribution in [-0.4, -0.2) is 57.0 Å². The van der Waals surface area contributed by atoms with Crippen molar-refractivity contribution in [1.82, 2.24) is 24.6 Å². The van der Waals surface area contributed by atoms with Crippen molar-refractivity contribution in [2.24, 2.45) is 7.05 Å². The van der Waals surface area contributed by atoms with E-state index < -0.39 is 0 Å². The smallest absolute Gasteiger partial charge is 0.150 e. The molecule has 0 unspecified atom stereocenters. The Balaban J connectivity index is 1.77. The summed E-state index contributed by atoms with van der Waals surface area (Å²) in [6, 6.07) is 0.128. The van der Waals surface area contributed by atoms with Gasteiger partial charge in [-0.15, -0.1) is 0 Å². The van der Waals surface area contributed by atoms with Crippen molar-refractivity contribution in [1.29, 1.82) is 0 Å². The topological polar surface area (TPSA) is 94.1 Å². The van der Waals surface area contributed by atoms with E-state index in [1.165, 1.54) is 6.33 Å². The summed E-state index contributed by atoms with van der Waals surface area (Å²) in [5.41, 5.74) is 6.86. The molecule has 0 bridgehead atoms. The molecular weight excluding hydrogens is 330 g/mol. The largest absolute Gasteiger partial charge is 0.382 e. The molecule has 3 N–H and O–H groups in total. The first-order valence-electron chi connectivity index (χ1n) is 7.94. The van der Waals surface area contributed by atoms with E-state index in [2.05, 4.69) is 32.2 Å². The van der Waals surface area contributed by atoms with Gasteiger partial charge in [0.1, 0.15) is 17.2 Å². The Bertz CT molecular complexity index is 692. The zero-order chi connectivity index (χ0) is 17.1. The number of nitrogens with zero attached hydrogens (tertiary/aromatic N) is 5. The van der Waals surface area contributed by atoms with E-state index in [1.54, 1.807) is 0 Å². The van der Waals surface area contributed by atoms with Crippen molar-refractivity contribution in [2.75, 3.05) is 37.3 Å². The molecule has 1 fully saturated rings. The molecule has 8 nitrogen and oxygen atoms in total. The van der Waals surface area contributed by atoms with Crippen LogP contribution in [0.2, 0.25) is 5.02 Å². The van der Waals surface area contributed by atoms with E-state index in [4.69, 9.17) is 22.1 Å². The first-order valence-corrected chi connectivity index (χ1v) is 8.32. The fourth-order valence-corrected chi connectivity index (χ4v) is 3.20. The highest BCUT2D eigenvalue weighted by Gasteiger charge is 2.33. The molecule has 3 rings (SSSR count). The van der Waals surface area contributed by atoms with Crippen LogP contribution in [0.25, 0.3) is 0 Å². The van der Waals surface area contributed by atoms with Gasteiger partial charge in [0.2, 0.25) is 0 Å². The normalized spacial score (nSPS) is 21.8. The second-order valence-electron chi connectivity index (χ2n) is 5.73. The number of anilines is 2. The lowest BCUT2D eigenvalue weighted by molar-refractivity contribution is -0.0639. The third-order valence-corrected chi connectivity index (χ3v) is 4.59. The maximum atomic E-state index is 6.15. The van der Waals surface area contributed by atoms with Crippen molar-refractivity contribution < 1.29 is 4.74 Å². The molecule has 1 aliphatic rings. The number of halogens is 1. The molecule has 1 saturated heterocycles. The average Bonchev–Trinajstić information content (AvgIpc) is 3.01. The van der Waals surface area contributed by atoms with E-state index in [-0.39, 0.29) is 18.0 Å². The van der Waals surface area contributed by atoms with E-state index >= 15 is 0 Å². The van der Waals surface area contributed by atoms with Gasteiger partial charge in [0.25, 0.3) is 0 Å². The fraction of sp³-hybridized carbons (Fsp3) is 0.533. The first kappa shape index (κ1) is 16.9. The molecule has 0 aliphatic carbocycles. The van der Waals surface area contributed by atoms with Gasteiger partial charge in [0, 0.05) is 31.9 Å². The van der Waals surface area contributed by atoms with Crippen LogP contribution in [0.1, 0.15) is 18.5 Å². The highest BCUT2D eigenvalue weighted by molar-refractivity contribution is 6.35. The molecule has 9 heteroatoms. The van der Waals surface area contributed by atoms with Crippen LogP contribution < -0.4 is 11.1 Å². The molecule has 0 spiro atoms. The minimum absolute atomic E-state index is 0.0462. The van der Waals surface area contributed by atoms with E-state index in [9.17, 15) is 0 Å². The number of nitrogens with two attached hydrogens (primary N) is 1. The number of hydrogen-bond donors (Lipinski definition) is 2. The Kier molecular flexibility index (Phi) is 5.17. The maximum absolute atomic E-state index is 6.15. The number of aryl methyl sites for hydroxylation is 1. The Labute approximate surface area is 146 Å². The molecule has 2 atom stereocenters. The van der Waals surface area contributed by atoms with E-state index in [0.29, 0.717) is 24.0 Å². The average molecular weight is 352 g/mol. The van der Waals surface area contributed by atoms with Crippen molar-refractivity contribution in [3.8, 4) is 0 Å². The van der Waals surface area contributed by atoms with Crippen LogP contribution >= 0.6 is 11.6 Å². The van der Waals surface area contributed by atoms with Gasteiger partial charge in [-0.3, -0.25) is 9.58 Å². The molecule has 2 aromatic rings. The lowest BCUT2D eigenvalue weighted by atomic mass is 10.0. The molecule has 130 valence electrons. The summed E-state index contributed by atoms with van der Waals surface area (Å²) < 4.78 is 7.83. The van der Waals surface area contributed by atoms with Gasteiger partial charge < -0.3 is 15.8 Å². The van der Waals surface area contributed by atoms with Crippen LogP contribution in [0.3, 0.4) is 0 Å². The monoisotopic (exact) mass is 351 g/mol. The standard InChI is InChI=1S/C15H22ClN7O/c1-3-23-4-5-24-11(13(23)10-6-21-22(2)8-10)7-18-15-12(16)14(17)19-9-20-15/h6,8-9,11,13H,3-5,7H2,1-2H3,(H3,17,18,19,20)/t11-,13-/m0/s1. The number of likely N-dealkylation sites (N-methyl/N-ethyl adjacent to an activating group) is 1. The Hall–Kier alpha value is -1.90. The van der Waals surface area contributed by atoms with Crippen molar-refractivity contribution in [3.05, 3.63) is 29.3 Å². The highest BCUT2D eigenvalue weighted by Crippen LogP contribution is 2.30. The van der Waals surface area contributed by atoms with Gasteiger partial charge in [-0.2, -0.15) is 5.10 Å². The van der Waals surface area contributed by atoms with Crippen LogP contribution in [0, 0.1) is 0 Å². The molecule has 0 aromatic carbocycles. The number of rotatable bonds is 5. The molecule has 24 heavy (non-hydrogen) atoms. The Morgan fingerprint density at radius 3 is 3.00 bits per heavy atom. The number of aromatic nitrogens is 4. The van der Waals surface area contributed by atoms with Gasteiger partial charge in [-0.05, 0) is 6.54 Å². The van der Waals surface area contributed by atoms with Gasteiger partial charge in [-0.25, -0.2) is 9.97 Å². The summed E-state index contributed by atoms with van der Waals surface area (Å²) in [6.07, 6.45) is 5.27. The second kappa shape index (κ2) is 7.33. The van der Waals surface area contributed by atoms with Crippen molar-refractivity contribution in [2.45, 2.75) is 19.1 Å². The molecule has 2 aromatic heterocycles. The zero-order valence-corrected chi connectivity index (χ0v) is 14.6. The van der Waals surface area contributed by atoms with E-state index in [0.717, 1.165) is 18.7 Å². The van der Waals surface area contributed by atoms with Crippen LogP contribution in [0.4, 0.5) is 11.6 Å². The third-order valence-electron chi connectivity index (χ3n) is 4.22. The highest BCUT2D eigenvalue weighted by atomic mass is 35.5. The van der Waals surface area contributed by atoms with Crippen molar-refractivity contribution in [3.63, 3.8) is 0 Å². The Morgan fingerprint density at radius 1 is 1.46 bits per heavy atom. The maximum Gasteiger partial charge on any atom is 0.150 e. The second-order valence-corrected chi connectivity index (χ2v) is 6.11. The number of nitrogens with one attached hydrogen (secondary N) is 1. The molecule has 0 radical (unpaired) electrons. The van der Waals surface area contributed by atoms with Crippen molar-refractivity contribution >= 4 is 23.2 Å². The Morgan fingerprint density at radius 2 is 2.29 bits per heavy atom. The molecule has 0 saturated carbocycles. The predicted molar refractivity (Wildman–Crippen MR) is 92.9 cm³/mol. The van der Waals surface area contributed by atoms with Gasteiger partial charge in [0.15, 0.2) is 5.82 Å². The number of hydrogen-bond acceptors (Lipinski definition) is 7.